The average molecular weight is 405 g/mol. The third-order valence-electron chi connectivity index (χ3n) is 4.95. The lowest BCUT2D eigenvalue weighted by Gasteiger charge is -2.18. The fourth-order valence-corrected chi connectivity index (χ4v) is 3.54. The molecule has 3 heterocycles. The van der Waals surface area contributed by atoms with Crippen molar-refractivity contribution in [1.82, 2.24) is 19.5 Å². The maximum absolute atomic E-state index is 10.2. The van der Waals surface area contributed by atoms with Gasteiger partial charge in [-0.2, -0.15) is 0 Å². The summed E-state index contributed by atoms with van der Waals surface area (Å²) in [5.74, 6) is 0.501. The molecule has 0 spiro atoms. The van der Waals surface area contributed by atoms with Crippen molar-refractivity contribution in [3.63, 3.8) is 0 Å². The zero-order valence-corrected chi connectivity index (χ0v) is 15.1. The second-order valence-electron chi connectivity index (χ2n) is 6.52. The highest BCUT2D eigenvalue weighted by atomic mass is 35.5. The van der Waals surface area contributed by atoms with Crippen LogP contribution in [0.3, 0.4) is 0 Å². The molecule has 152 valence electrons. The molecular formula is C15H23ClN5O6-. The first-order valence-electron chi connectivity index (χ1n) is 8.34. The Morgan fingerprint density at radius 1 is 1.15 bits per heavy atom. The van der Waals surface area contributed by atoms with Gasteiger partial charge in [0.25, 0.3) is 0 Å². The molecule has 2 aliphatic rings. The molecule has 6 atom stereocenters. The van der Waals surface area contributed by atoms with E-state index in [4.69, 9.17) is 4.74 Å². The standard InChI is InChI=1S/C15H21N5O5.ClH.H2O/c21-4-9-11(23)12(24)15(25-9)20-6-18-10-13(16-5-17-14(10)20)19-7-2-1-3-8(7)22;;/h5-9,11-12,15,21-24H,1-4H2,(H,16,17,19);1H;1H2/p-1. The zero-order valence-electron chi connectivity index (χ0n) is 14.3. The number of aliphatic hydroxyl groups excluding tert-OH is 4. The number of halogens is 1. The van der Waals surface area contributed by atoms with Crippen molar-refractivity contribution >= 4 is 17.0 Å². The molecule has 1 saturated heterocycles. The van der Waals surface area contributed by atoms with Gasteiger partial charge >= 0.3 is 0 Å². The number of anilines is 1. The van der Waals surface area contributed by atoms with Crippen LogP contribution in [0.5, 0.6) is 0 Å². The molecule has 4 rings (SSSR count). The van der Waals surface area contributed by atoms with Gasteiger partial charge in [0.1, 0.15) is 24.6 Å². The van der Waals surface area contributed by atoms with E-state index in [1.165, 1.54) is 17.2 Å². The maximum Gasteiger partial charge on any atom is 0.167 e. The minimum atomic E-state index is -1.21. The number of ether oxygens (including phenoxy) is 1. The summed E-state index contributed by atoms with van der Waals surface area (Å²) in [6.07, 6.45) is 0.768. The molecule has 1 saturated carbocycles. The molecule has 0 aromatic carbocycles. The van der Waals surface area contributed by atoms with E-state index in [9.17, 15) is 20.4 Å². The highest BCUT2D eigenvalue weighted by Crippen LogP contribution is 2.32. The predicted molar refractivity (Wildman–Crippen MR) is 89.2 cm³/mol. The summed E-state index contributed by atoms with van der Waals surface area (Å²) in [5.41, 5.74) is 0.916. The van der Waals surface area contributed by atoms with Crippen LogP contribution in [0.15, 0.2) is 12.7 Å². The summed E-state index contributed by atoms with van der Waals surface area (Å²) in [6, 6.07) is -0.0860. The number of aromatic nitrogens is 4. The molecule has 2 aromatic rings. The van der Waals surface area contributed by atoms with Crippen LogP contribution in [-0.2, 0) is 4.74 Å². The average Bonchev–Trinajstić information content (AvgIpc) is 3.29. The summed E-state index contributed by atoms with van der Waals surface area (Å²) >= 11 is 0. The van der Waals surface area contributed by atoms with Crippen molar-refractivity contribution < 1.29 is 43.0 Å². The molecular weight excluding hydrogens is 382 g/mol. The van der Waals surface area contributed by atoms with Crippen LogP contribution in [0.4, 0.5) is 5.82 Å². The zero-order chi connectivity index (χ0) is 17.6. The monoisotopic (exact) mass is 404 g/mol. The first-order valence-corrected chi connectivity index (χ1v) is 8.34. The van der Waals surface area contributed by atoms with Gasteiger partial charge in [-0.3, -0.25) is 4.57 Å². The highest BCUT2D eigenvalue weighted by molar-refractivity contribution is 5.82. The van der Waals surface area contributed by atoms with Crippen LogP contribution in [0.1, 0.15) is 25.5 Å². The first kappa shape index (κ1) is 21.7. The van der Waals surface area contributed by atoms with Crippen LogP contribution < -0.4 is 17.7 Å². The molecule has 0 radical (unpaired) electrons. The number of hydrogen-bond acceptors (Lipinski definition) is 9. The Morgan fingerprint density at radius 2 is 1.93 bits per heavy atom. The maximum atomic E-state index is 10.2. The van der Waals surface area contributed by atoms with Gasteiger partial charge in [-0.15, -0.1) is 0 Å². The lowest BCUT2D eigenvalue weighted by molar-refractivity contribution is -0.0511. The largest absolute Gasteiger partial charge is 1.00 e. The normalized spacial score (nSPS) is 32.9. The summed E-state index contributed by atoms with van der Waals surface area (Å²) in [4.78, 5) is 12.7. The van der Waals surface area contributed by atoms with Crippen molar-refractivity contribution in [2.24, 2.45) is 0 Å². The Bertz CT molecular complexity index is 763. The van der Waals surface area contributed by atoms with E-state index in [0.717, 1.165) is 19.3 Å². The van der Waals surface area contributed by atoms with Gasteiger partial charge < -0.3 is 48.4 Å². The van der Waals surface area contributed by atoms with Gasteiger partial charge in [0.05, 0.1) is 25.1 Å². The molecule has 11 nitrogen and oxygen atoms in total. The fourth-order valence-electron chi connectivity index (χ4n) is 3.54. The Labute approximate surface area is 160 Å². The fraction of sp³-hybridized carbons (Fsp3) is 0.667. The Hall–Kier alpha value is -1.60. The SMILES string of the molecule is O.OCC1OC(n2cnc3c(NC4CCCC4O)ncnc32)C(O)C1O.[Cl-]. The van der Waals surface area contributed by atoms with E-state index < -0.39 is 37.3 Å². The lowest BCUT2D eigenvalue weighted by atomic mass is 10.1. The second kappa shape index (κ2) is 8.61. The van der Waals surface area contributed by atoms with Crippen molar-refractivity contribution in [2.45, 2.75) is 55.9 Å². The second-order valence-corrected chi connectivity index (χ2v) is 6.52. The Kier molecular flexibility index (Phi) is 6.92. The van der Waals surface area contributed by atoms with E-state index in [0.29, 0.717) is 17.0 Å². The summed E-state index contributed by atoms with van der Waals surface area (Å²) < 4.78 is 7.04. The molecule has 2 aromatic heterocycles. The van der Waals surface area contributed by atoms with E-state index in [-0.39, 0.29) is 23.9 Å². The van der Waals surface area contributed by atoms with Gasteiger partial charge in [-0.1, -0.05) is 0 Å². The molecule has 6 unspecified atom stereocenters. The van der Waals surface area contributed by atoms with Crippen molar-refractivity contribution in [1.29, 1.82) is 0 Å². The van der Waals surface area contributed by atoms with Gasteiger partial charge in [0.2, 0.25) is 0 Å². The van der Waals surface area contributed by atoms with E-state index in [1.54, 1.807) is 0 Å². The summed E-state index contributed by atoms with van der Waals surface area (Å²) in [5, 5.41) is 42.6. The predicted octanol–water partition coefficient (Wildman–Crippen LogP) is -5.06. The van der Waals surface area contributed by atoms with Crippen LogP contribution in [0.2, 0.25) is 0 Å². The van der Waals surface area contributed by atoms with Crippen molar-refractivity contribution in [3.05, 3.63) is 12.7 Å². The molecule has 0 amide bonds. The number of imidazole rings is 1. The lowest BCUT2D eigenvalue weighted by Crippen LogP contribution is -3.00. The minimum absolute atomic E-state index is 0. The molecule has 12 heteroatoms. The number of hydrogen-bond donors (Lipinski definition) is 5. The molecule has 0 bridgehead atoms. The van der Waals surface area contributed by atoms with E-state index in [1.807, 2.05) is 0 Å². The quantitative estimate of drug-likeness (QED) is 0.333. The third kappa shape index (κ3) is 3.72. The van der Waals surface area contributed by atoms with Crippen LogP contribution in [-0.4, -0.2) is 82.5 Å². The van der Waals surface area contributed by atoms with Crippen LogP contribution >= 0.6 is 0 Å². The van der Waals surface area contributed by atoms with Gasteiger partial charge in [-0.25, -0.2) is 15.0 Å². The number of rotatable bonds is 4. The number of nitrogens with zero attached hydrogens (tertiary/aromatic N) is 4. The van der Waals surface area contributed by atoms with Crippen molar-refractivity contribution in [2.75, 3.05) is 11.9 Å². The number of fused-ring (bicyclic) bond motifs is 1. The highest BCUT2D eigenvalue weighted by Gasteiger charge is 2.44. The van der Waals surface area contributed by atoms with Gasteiger partial charge in [-0.05, 0) is 19.3 Å². The Balaban J connectivity index is 0.00000131. The van der Waals surface area contributed by atoms with Crippen LogP contribution in [0.25, 0.3) is 11.2 Å². The summed E-state index contributed by atoms with van der Waals surface area (Å²) in [6.45, 7) is -0.400. The Morgan fingerprint density at radius 3 is 2.56 bits per heavy atom. The smallest absolute Gasteiger partial charge is 0.167 e. The molecule has 7 N–H and O–H groups in total. The summed E-state index contributed by atoms with van der Waals surface area (Å²) in [7, 11) is 0. The topological polar surface area (TPSA) is 177 Å². The minimum Gasteiger partial charge on any atom is -1.00 e. The molecule has 1 aliphatic heterocycles. The molecule has 1 aliphatic carbocycles. The number of nitrogens with one attached hydrogen (secondary N) is 1. The molecule has 2 fully saturated rings. The van der Waals surface area contributed by atoms with Gasteiger partial charge in [0.15, 0.2) is 23.2 Å². The number of aliphatic hydroxyl groups is 4. The van der Waals surface area contributed by atoms with E-state index >= 15 is 0 Å². The molecule has 27 heavy (non-hydrogen) atoms. The van der Waals surface area contributed by atoms with Gasteiger partial charge in [0, 0.05) is 0 Å². The third-order valence-corrected chi connectivity index (χ3v) is 4.95. The first-order chi connectivity index (χ1) is 12.1. The van der Waals surface area contributed by atoms with E-state index in [2.05, 4.69) is 20.3 Å². The van der Waals surface area contributed by atoms with Crippen molar-refractivity contribution in [3.8, 4) is 0 Å². The van der Waals surface area contributed by atoms with Crippen LogP contribution in [0, 0.1) is 0 Å².